The normalized spacial score (nSPS) is 20.2. The molecule has 96 valence electrons. The fourth-order valence-corrected chi connectivity index (χ4v) is 2.35. The zero-order valence-electron chi connectivity index (χ0n) is 10.0. The molecule has 1 aliphatic heterocycles. The number of likely N-dealkylation sites (N-methyl/N-ethyl adjacent to an activating group) is 1. The monoisotopic (exact) mass is 259 g/mol. The summed E-state index contributed by atoms with van der Waals surface area (Å²) in [7, 11) is 1.97. The number of aromatic nitrogens is 1. The quantitative estimate of drug-likeness (QED) is 0.894. The Bertz CT molecular complexity index is 348. The summed E-state index contributed by atoms with van der Waals surface area (Å²) in [6.07, 6.45) is 5.45. The standard InChI is InChI=1S/C12H18FN3.ClH/c1-14-8-12-3-2-4-16(12)9-10-5-11(13)7-15-6-10;/h5-7,12,14H,2-4,8-9H2,1H3;1H. The highest BCUT2D eigenvalue weighted by Gasteiger charge is 2.23. The predicted molar refractivity (Wildman–Crippen MR) is 68.8 cm³/mol. The molecule has 5 heteroatoms. The van der Waals surface area contributed by atoms with Gasteiger partial charge in [-0.1, -0.05) is 0 Å². The Hall–Kier alpha value is -0.710. The maximum absolute atomic E-state index is 13.0. The van der Waals surface area contributed by atoms with Crippen LogP contribution in [0, 0.1) is 5.82 Å². The minimum absolute atomic E-state index is 0. The summed E-state index contributed by atoms with van der Waals surface area (Å²) in [4.78, 5) is 6.28. The number of nitrogens with zero attached hydrogens (tertiary/aromatic N) is 2. The van der Waals surface area contributed by atoms with E-state index >= 15 is 0 Å². The van der Waals surface area contributed by atoms with E-state index < -0.39 is 0 Å². The fraction of sp³-hybridized carbons (Fsp3) is 0.583. The molecule has 2 heterocycles. The molecule has 2 rings (SSSR count). The van der Waals surface area contributed by atoms with E-state index in [4.69, 9.17) is 0 Å². The van der Waals surface area contributed by atoms with Gasteiger partial charge in [0.2, 0.25) is 0 Å². The van der Waals surface area contributed by atoms with Crippen LogP contribution in [0.4, 0.5) is 4.39 Å². The summed E-state index contributed by atoms with van der Waals surface area (Å²) in [5.41, 5.74) is 0.961. The lowest BCUT2D eigenvalue weighted by atomic mass is 10.2. The van der Waals surface area contributed by atoms with E-state index in [9.17, 15) is 4.39 Å². The minimum atomic E-state index is -0.248. The van der Waals surface area contributed by atoms with Crippen LogP contribution in [0.2, 0.25) is 0 Å². The van der Waals surface area contributed by atoms with Gasteiger partial charge in [0.05, 0.1) is 6.20 Å². The van der Waals surface area contributed by atoms with Crippen molar-refractivity contribution in [3.8, 4) is 0 Å². The average Bonchev–Trinajstić information content (AvgIpc) is 2.66. The van der Waals surface area contributed by atoms with Crippen LogP contribution < -0.4 is 5.32 Å². The van der Waals surface area contributed by atoms with Crippen LogP contribution in [0.1, 0.15) is 18.4 Å². The first-order chi connectivity index (χ1) is 7.79. The van der Waals surface area contributed by atoms with Crippen molar-refractivity contribution in [1.82, 2.24) is 15.2 Å². The average molecular weight is 260 g/mol. The van der Waals surface area contributed by atoms with Crippen molar-refractivity contribution in [1.29, 1.82) is 0 Å². The second-order valence-electron chi connectivity index (χ2n) is 4.34. The van der Waals surface area contributed by atoms with Crippen LogP contribution >= 0.6 is 12.4 Å². The second kappa shape index (κ2) is 6.89. The van der Waals surface area contributed by atoms with Crippen LogP contribution in [-0.2, 0) is 6.54 Å². The maximum Gasteiger partial charge on any atom is 0.141 e. The van der Waals surface area contributed by atoms with Crippen molar-refractivity contribution in [2.45, 2.75) is 25.4 Å². The molecule has 0 radical (unpaired) electrons. The van der Waals surface area contributed by atoms with Crippen LogP contribution in [0.3, 0.4) is 0 Å². The van der Waals surface area contributed by atoms with Crippen molar-refractivity contribution in [3.05, 3.63) is 29.8 Å². The summed E-state index contributed by atoms with van der Waals surface area (Å²) in [6, 6.07) is 2.15. The van der Waals surface area contributed by atoms with E-state index in [1.54, 1.807) is 12.3 Å². The maximum atomic E-state index is 13.0. The van der Waals surface area contributed by atoms with E-state index in [1.165, 1.54) is 19.0 Å². The molecule has 0 aromatic carbocycles. The van der Waals surface area contributed by atoms with Crippen molar-refractivity contribution in [3.63, 3.8) is 0 Å². The van der Waals surface area contributed by atoms with Gasteiger partial charge in [-0.3, -0.25) is 9.88 Å². The van der Waals surface area contributed by atoms with Gasteiger partial charge in [-0.2, -0.15) is 0 Å². The molecule has 1 unspecified atom stereocenters. The Balaban J connectivity index is 0.00000144. The van der Waals surface area contributed by atoms with Gasteiger partial charge in [-0.25, -0.2) is 4.39 Å². The third kappa shape index (κ3) is 3.91. The molecule has 1 N–H and O–H groups in total. The van der Waals surface area contributed by atoms with Gasteiger partial charge >= 0.3 is 0 Å². The molecule has 0 amide bonds. The number of rotatable bonds is 4. The Kier molecular flexibility index (Phi) is 5.82. The number of hydrogen-bond acceptors (Lipinski definition) is 3. The largest absolute Gasteiger partial charge is 0.318 e. The van der Waals surface area contributed by atoms with Gasteiger partial charge < -0.3 is 5.32 Å². The molecule has 1 saturated heterocycles. The van der Waals surface area contributed by atoms with Crippen molar-refractivity contribution in [2.75, 3.05) is 20.1 Å². The van der Waals surface area contributed by atoms with Crippen LogP contribution in [-0.4, -0.2) is 36.1 Å². The summed E-state index contributed by atoms with van der Waals surface area (Å²) < 4.78 is 13.0. The summed E-state index contributed by atoms with van der Waals surface area (Å²) >= 11 is 0. The summed E-state index contributed by atoms with van der Waals surface area (Å²) in [5.74, 6) is -0.248. The Labute approximate surface area is 108 Å². The van der Waals surface area contributed by atoms with Gasteiger partial charge in [0.15, 0.2) is 0 Å². The molecule has 0 spiro atoms. The SMILES string of the molecule is CNCC1CCCN1Cc1cncc(F)c1.Cl. The van der Waals surface area contributed by atoms with E-state index in [-0.39, 0.29) is 18.2 Å². The zero-order valence-corrected chi connectivity index (χ0v) is 10.8. The molecule has 0 aliphatic carbocycles. The molecule has 1 fully saturated rings. The molecular weight excluding hydrogens is 241 g/mol. The Morgan fingerprint density at radius 3 is 3.06 bits per heavy atom. The smallest absolute Gasteiger partial charge is 0.141 e. The number of pyridine rings is 1. The van der Waals surface area contributed by atoms with Gasteiger partial charge in [0.1, 0.15) is 5.82 Å². The lowest BCUT2D eigenvalue weighted by Crippen LogP contribution is -2.36. The van der Waals surface area contributed by atoms with Crippen molar-refractivity contribution < 1.29 is 4.39 Å². The van der Waals surface area contributed by atoms with Crippen LogP contribution in [0.5, 0.6) is 0 Å². The number of hydrogen-bond donors (Lipinski definition) is 1. The Morgan fingerprint density at radius 2 is 2.35 bits per heavy atom. The lowest BCUT2D eigenvalue weighted by Gasteiger charge is -2.24. The number of halogens is 2. The molecule has 1 aliphatic rings. The third-order valence-electron chi connectivity index (χ3n) is 3.09. The van der Waals surface area contributed by atoms with E-state index in [0.717, 1.165) is 25.2 Å². The third-order valence-corrected chi connectivity index (χ3v) is 3.09. The first kappa shape index (κ1) is 14.4. The van der Waals surface area contributed by atoms with E-state index in [2.05, 4.69) is 15.2 Å². The minimum Gasteiger partial charge on any atom is -0.318 e. The van der Waals surface area contributed by atoms with Crippen LogP contribution in [0.15, 0.2) is 18.5 Å². The molecule has 17 heavy (non-hydrogen) atoms. The molecule has 3 nitrogen and oxygen atoms in total. The van der Waals surface area contributed by atoms with Crippen molar-refractivity contribution in [2.24, 2.45) is 0 Å². The van der Waals surface area contributed by atoms with Gasteiger partial charge in [0.25, 0.3) is 0 Å². The fourth-order valence-electron chi connectivity index (χ4n) is 2.35. The van der Waals surface area contributed by atoms with Crippen LogP contribution in [0.25, 0.3) is 0 Å². The molecule has 0 bridgehead atoms. The predicted octanol–water partition coefficient (Wildman–Crippen LogP) is 1.83. The van der Waals surface area contributed by atoms with Crippen molar-refractivity contribution >= 4 is 12.4 Å². The zero-order chi connectivity index (χ0) is 11.4. The van der Waals surface area contributed by atoms with E-state index in [1.807, 2.05) is 7.05 Å². The molecule has 1 aromatic heterocycles. The van der Waals surface area contributed by atoms with E-state index in [0.29, 0.717) is 6.04 Å². The lowest BCUT2D eigenvalue weighted by molar-refractivity contribution is 0.242. The number of nitrogens with one attached hydrogen (secondary N) is 1. The summed E-state index contributed by atoms with van der Waals surface area (Å²) in [5, 5.41) is 3.21. The number of likely N-dealkylation sites (tertiary alicyclic amines) is 1. The molecule has 0 saturated carbocycles. The first-order valence-corrected chi connectivity index (χ1v) is 5.77. The van der Waals surface area contributed by atoms with Gasteiger partial charge in [-0.15, -0.1) is 12.4 Å². The molecule has 1 aromatic rings. The first-order valence-electron chi connectivity index (χ1n) is 5.77. The Morgan fingerprint density at radius 1 is 1.53 bits per heavy atom. The second-order valence-corrected chi connectivity index (χ2v) is 4.34. The van der Waals surface area contributed by atoms with Gasteiger partial charge in [-0.05, 0) is 38.1 Å². The molecule has 1 atom stereocenters. The highest BCUT2D eigenvalue weighted by atomic mass is 35.5. The summed E-state index contributed by atoms with van der Waals surface area (Å²) in [6.45, 7) is 2.91. The molecular formula is C12H19ClFN3. The highest BCUT2D eigenvalue weighted by Crippen LogP contribution is 2.19. The highest BCUT2D eigenvalue weighted by molar-refractivity contribution is 5.85. The topological polar surface area (TPSA) is 28.2 Å². The van der Waals surface area contributed by atoms with Gasteiger partial charge in [0, 0.05) is 25.3 Å².